The Morgan fingerprint density at radius 1 is 1.18 bits per heavy atom. The van der Waals surface area contributed by atoms with E-state index in [2.05, 4.69) is 37.0 Å². The van der Waals surface area contributed by atoms with Crippen molar-refractivity contribution in [3.8, 4) is 0 Å². The molecule has 2 atom stereocenters. The number of thioether (sulfide) groups is 1. The molecule has 0 nitrogen and oxygen atoms in total. The monoisotopic (exact) mass is 276 g/mol. The Balaban J connectivity index is 0.000001000. The zero-order valence-corrected chi connectivity index (χ0v) is 10.0. The van der Waals surface area contributed by atoms with Crippen LogP contribution in [0.4, 0.5) is 0 Å². The van der Waals surface area contributed by atoms with E-state index in [0.717, 1.165) is 36.1 Å². The first-order chi connectivity index (χ1) is 4.86. The van der Waals surface area contributed by atoms with Crippen molar-refractivity contribution in [3.05, 3.63) is 0 Å². The quantitative estimate of drug-likeness (QED) is 0.577. The zero-order valence-electron chi connectivity index (χ0n) is 5.69. The molecule has 0 aromatic heterocycles. The van der Waals surface area contributed by atoms with Crippen molar-refractivity contribution >= 4 is 52.0 Å². The van der Waals surface area contributed by atoms with Crippen LogP contribution in [0.1, 0.15) is 7.43 Å². The summed E-state index contributed by atoms with van der Waals surface area (Å²) in [7, 11) is 0. The number of hydrogen-bond donors (Lipinski definition) is 2. The summed E-state index contributed by atoms with van der Waals surface area (Å²) in [6.45, 7) is 0. The van der Waals surface area contributed by atoms with Gasteiger partial charge in [-0.25, -0.2) is 0 Å². The summed E-state index contributed by atoms with van der Waals surface area (Å²) in [5.41, 5.74) is 0. The second kappa shape index (κ2) is 7.02. The maximum atomic E-state index is 4.32. The molecule has 0 radical (unpaired) electrons. The first-order valence-electron chi connectivity index (χ1n) is 3.31. The molecule has 0 spiro atoms. The Hall–Kier alpha value is 1.57. The van der Waals surface area contributed by atoms with Crippen molar-refractivity contribution in [2.24, 2.45) is 0 Å². The summed E-state index contributed by atoms with van der Waals surface area (Å²) in [5, 5.41) is 0. The fourth-order valence-electron chi connectivity index (χ4n) is 0.873. The molecular formula is C7H16S3Se. The standard InChI is InChI=1S/C6H12S3Se.CH4/c7-1-5-3-9-4-6(2-8)10-5;/h5-8H,1-4H2;1H4. The average molecular weight is 275 g/mol. The van der Waals surface area contributed by atoms with Gasteiger partial charge in [-0.05, 0) is 0 Å². The van der Waals surface area contributed by atoms with Gasteiger partial charge in [0.25, 0.3) is 0 Å². The van der Waals surface area contributed by atoms with Crippen molar-refractivity contribution < 1.29 is 0 Å². The molecule has 1 saturated heterocycles. The van der Waals surface area contributed by atoms with Crippen LogP contribution in [0.3, 0.4) is 0 Å². The van der Waals surface area contributed by atoms with Crippen molar-refractivity contribution in [1.29, 1.82) is 0 Å². The topological polar surface area (TPSA) is 0 Å². The van der Waals surface area contributed by atoms with Gasteiger partial charge in [0.05, 0.1) is 0 Å². The Bertz CT molecular complexity index is 89.7. The van der Waals surface area contributed by atoms with E-state index >= 15 is 0 Å². The minimum atomic E-state index is 0. The SMILES string of the molecule is C.SCC1CSCC(CS)[Se]1. The van der Waals surface area contributed by atoms with Gasteiger partial charge in [0.2, 0.25) is 0 Å². The number of thiol groups is 2. The third-order valence-electron chi connectivity index (χ3n) is 1.40. The predicted molar refractivity (Wildman–Crippen MR) is 65.0 cm³/mol. The van der Waals surface area contributed by atoms with Gasteiger partial charge >= 0.3 is 84.6 Å². The summed E-state index contributed by atoms with van der Waals surface area (Å²) in [5.74, 6) is 4.84. The van der Waals surface area contributed by atoms with Gasteiger partial charge in [0.15, 0.2) is 0 Å². The van der Waals surface area contributed by atoms with E-state index in [4.69, 9.17) is 0 Å². The molecule has 0 aliphatic carbocycles. The van der Waals surface area contributed by atoms with E-state index in [1.54, 1.807) is 0 Å². The minimum absolute atomic E-state index is 0. The molecule has 1 rings (SSSR count). The molecule has 0 bridgehead atoms. The van der Waals surface area contributed by atoms with E-state index < -0.39 is 0 Å². The molecule has 0 amide bonds. The summed E-state index contributed by atoms with van der Waals surface area (Å²) in [4.78, 5) is 1.82. The summed E-state index contributed by atoms with van der Waals surface area (Å²) >= 11 is 11.5. The van der Waals surface area contributed by atoms with Crippen molar-refractivity contribution in [2.75, 3.05) is 23.0 Å². The van der Waals surface area contributed by atoms with Crippen LogP contribution in [0.5, 0.6) is 0 Å². The van der Waals surface area contributed by atoms with Crippen molar-refractivity contribution in [3.63, 3.8) is 0 Å². The first-order valence-corrected chi connectivity index (χ1v) is 7.71. The molecular weight excluding hydrogens is 259 g/mol. The first kappa shape index (κ1) is 12.6. The second-order valence-electron chi connectivity index (χ2n) is 2.28. The Morgan fingerprint density at radius 2 is 1.64 bits per heavy atom. The van der Waals surface area contributed by atoms with E-state index in [1.807, 2.05) is 0 Å². The summed E-state index contributed by atoms with van der Waals surface area (Å²) in [6.07, 6.45) is 0. The van der Waals surface area contributed by atoms with Crippen LogP contribution in [-0.2, 0) is 0 Å². The molecule has 4 heteroatoms. The van der Waals surface area contributed by atoms with Crippen LogP contribution >= 0.6 is 37.0 Å². The number of hydrogen-bond acceptors (Lipinski definition) is 3. The van der Waals surface area contributed by atoms with Gasteiger partial charge in [0.1, 0.15) is 0 Å². The summed E-state index contributed by atoms with van der Waals surface area (Å²) < 4.78 is 0. The molecule has 2 unspecified atom stereocenters. The van der Waals surface area contributed by atoms with E-state index in [1.165, 1.54) is 11.5 Å². The van der Waals surface area contributed by atoms with Crippen LogP contribution in [-0.4, -0.2) is 38.0 Å². The zero-order chi connectivity index (χ0) is 7.40. The van der Waals surface area contributed by atoms with Gasteiger partial charge < -0.3 is 0 Å². The van der Waals surface area contributed by atoms with Gasteiger partial charge in [0, 0.05) is 0 Å². The van der Waals surface area contributed by atoms with Crippen LogP contribution < -0.4 is 0 Å². The third-order valence-corrected chi connectivity index (χ3v) is 8.63. The molecule has 0 aromatic carbocycles. The molecule has 1 fully saturated rings. The second-order valence-corrected chi connectivity index (χ2v) is 7.46. The number of rotatable bonds is 2. The van der Waals surface area contributed by atoms with Gasteiger partial charge in [-0.3, -0.25) is 0 Å². The van der Waals surface area contributed by atoms with Crippen LogP contribution in [0, 0.1) is 0 Å². The van der Waals surface area contributed by atoms with Gasteiger partial charge in [-0.15, -0.1) is 0 Å². The molecule has 1 aliphatic heterocycles. The molecule has 0 saturated carbocycles. The Labute approximate surface area is 91.6 Å². The van der Waals surface area contributed by atoms with Crippen molar-refractivity contribution in [1.82, 2.24) is 0 Å². The van der Waals surface area contributed by atoms with Crippen molar-refractivity contribution in [2.45, 2.75) is 17.1 Å². The normalized spacial score (nSPS) is 31.1. The molecule has 0 aromatic rings. The summed E-state index contributed by atoms with van der Waals surface area (Å²) in [6, 6.07) is 0. The van der Waals surface area contributed by atoms with Crippen LogP contribution in [0.2, 0.25) is 9.63 Å². The average Bonchev–Trinajstić information content (AvgIpc) is 2.05. The molecule has 68 valence electrons. The fraction of sp³-hybridized carbons (Fsp3) is 1.00. The van der Waals surface area contributed by atoms with Crippen LogP contribution in [0.15, 0.2) is 0 Å². The van der Waals surface area contributed by atoms with Gasteiger partial charge in [-0.1, -0.05) is 7.43 Å². The molecule has 1 aliphatic rings. The third kappa shape index (κ3) is 4.37. The maximum absolute atomic E-state index is 4.32. The molecule has 11 heavy (non-hydrogen) atoms. The fourth-order valence-corrected chi connectivity index (χ4v) is 7.13. The van der Waals surface area contributed by atoms with Gasteiger partial charge in [-0.2, -0.15) is 0 Å². The predicted octanol–water partition coefficient (Wildman–Crippen LogP) is 2.51. The Morgan fingerprint density at radius 3 is 2.00 bits per heavy atom. The van der Waals surface area contributed by atoms with E-state index in [9.17, 15) is 0 Å². The van der Waals surface area contributed by atoms with E-state index in [0.29, 0.717) is 0 Å². The molecule has 0 N–H and O–H groups in total. The molecule has 1 heterocycles. The van der Waals surface area contributed by atoms with Crippen LogP contribution in [0.25, 0.3) is 0 Å². The Kier molecular flexibility index (Phi) is 8.02. The van der Waals surface area contributed by atoms with E-state index in [-0.39, 0.29) is 7.43 Å².